The summed E-state index contributed by atoms with van der Waals surface area (Å²) in [7, 11) is 0. The molecule has 0 bridgehead atoms. The van der Waals surface area contributed by atoms with E-state index in [1.807, 2.05) is 0 Å². The molecule has 0 saturated carbocycles. The zero-order valence-corrected chi connectivity index (χ0v) is 7.92. The predicted octanol–water partition coefficient (Wildman–Crippen LogP) is 0.592. The molecule has 0 aromatic carbocycles. The quantitative estimate of drug-likeness (QED) is 0.696. The molecule has 0 spiro atoms. The van der Waals surface area contributed by atoms with E-state index in [-0.39, 0.29) is 5.92 Å². The molecule has 74 valence electrons. The predicted molar refractivity (Wildman–Crippen MR) is 49.5 cm³/mol. The number of Topliss-reactive ketones (excluding diaryl/α,β-unsaturated/α-hetero) is 1. The second kappa shape index (κ2) is 4.20. The molecule has 0 aromatic rings. The molecule has 0 aromatic heterocycles. The molecule has 0 radical (unpaired) electrons. The van der Waals surface area contributed by atoms with Crippen LogP contribution in [0.5, 0.6) is 0 Å². The summed E-state index contributed by atoms with van der Waals surface area (Å²) < 4.78 is 5.30. The Morgan fingerprint density at radius 3 is 2.85 bits per heavy atom. The number of hydrogen-bond donors (Lipinski definition) is 1. The lowest BCUT2D eigenvalue weighted by atomic mass is 9.88. The first-order chi connectivity index (χ1) is 6.36. The van der Waals surface area contributed by atoms with Crippen LogP contribution in [0.25, 0.3) is 0 Å². The number of carbonyl (C=O) groups is 1. The SMILES string of the molecule is O=C(CC1CNC1)C1CCCOC1. The van der Waals surface area contributed by atoms with Crippen molar-refractivity contribution < 1.29 is 9.53 Å². The van der Waals surface area contributed by atoms with Crippen LogP contribution in [0.2, 0.25) is 0 Å². The lowest BCUT2D eigenvalue weighted by Crippen LogP contribution is -2.44. The van der Waals surface area contributed by atoms with E-state index in [1.165, 1.54) is 0 Å². The highest BCUT2D eigenvalue weighted by molar-refractivity contribution is 5.81. The van der Waals surface area contributed by atoms with Gasteiger partial charge in [0.05, 0.1) is 6.61 Å². The van der Waals surface area contributed by atoms with Gasteiger partial charge in [-0.15, -0.1) is 0 Å². The van der Waals surface area contributed by atoms with Gasteiger partial charge >= 0.3 is 0 Å². The summed E-state index contributed by atoms with van der Waals surface area (Å²) in [6.45, 7) is 3.56. The Morgan fingerprint density at radius 1 is 1.46 bits per heavy atom. The van der Waals surface area contributed by atoms with Crippen LogP contribution in [0.15, 0.2) is 0 Å². The Labute approximate surface area is 78.8 Å². The Kier molecular flexibility index (Phi) is 2.96. The van der Waals surface area contributed by atoms with Crippen molar-refractivity contribution in [3.63, 3.8) is 0 Å². The summed E-state index contributed by atoms with van der Waals surface area (Å²) in [5.41, 5.74) is 0. The lowest BCUT2D eigenvalue weighted by molar-refractivity contribution is -0.128. The zero-order valence-electron chi connectivity index (χ0n) is 7.92. The number of ketones is 1. The van der Waals surface area contributed by atoms with Crippen molar-refractivity contribution in [3.8, 4) is 0 Å². The third kappa shape index (κ3) is 2.29. The van der Waals surface area contributed by atoms with Gasteiger partial charge in [0, 0.05) is 18.9 Å². The highest BCUT2D eigenvalue weighted by atomic mass is 16.5. The molecule has 2 heterocycles. The standard InChI is InChI=1S/C10H17NO2/c12-10(4-8-5-11-6-8)9-2-1-3-13-7-9/h8-9,11H,1-7H2. The molecule has 1 unspecified atom stereocenters. The summed E-state index contributed by atoms with van der Waals surface area (Å²) >= 11 is 0. The number of ether oxygens (including phenoxy) is 1. The van der Waals surface area contributed by atoms with Gasteiger partial charge in [-0.2, -0.15) is 0 Å². The van der Waals surface area contributed by atoms with Gasteiger partial charge in [-0.05, 0) is 31.8 Å². The van der Waals surface area contributed by atoms with E-state index in [0.29, 0.717) is 18.3 Å². The molecule has 2 rings (SSSR count). The number of carbonyl (C=O) groups excluding carboxylic acids is 1. The van der Waals surface area contributed by atoms with Gasteiger partial charge < -0.3 is 10.1 Å². The molecule has 0 aliphatic carbocycles. The van der Waals surface area contributed by atoms with E-state index in [2.05, 4.69) is 5.32 Å². The molecule has 2 fully saturated rings. The summed E-state index contributed by atoms with van der Waals surface area (Å²) in [6, 6.07) is 0. The maximum atomic E-state index is 11.7. The van der Waals surface area contributed by atoms with Crippen LogP contribution in [0.4, 0.5) is 0 Å². The van der Waals surface area contributed by atoms with Gasteiger partial charge in [-0.25, -0.2) is 0 Å². The number of hydrogen-bond acceptors (Lipinski definition) is 3. The fourth-order valence-electron chi connectivity index (χ4n) is 1.94. The van der Waals surface area contributed by atoms with Crippen LogP contribution < -0.4 is 5.32 Å². The van der Waals surface area contributed by atoms with Crippen molar-refractivity contribution in [2.75, 3.05) is 26.3 Å². The summed E-state index contributed by atoms with van der Waals surface area (Å²) in [6.07, 6.45) is 2.86. The van der Waals surface area contributed by atoms with E-state index in [0.717, 1.165) is 39.0 Å². The molecule has 13 heavy (non-hydrogen) atoms. The van der Waals surface area contributed by atoms with Crippen molar-refractivity contribution in [3.05, 3.63) is 0 Å². The lowest BCUT2D eigenvalue weighted by Gasteiger charge is -2.29. The molecule has 3 nitrogen and oxygen atoms in total. The van der Waals surface area contributed by atoms with Crippen molar-refractivity contribution in [2.45, 2.75) is 19.3 Å². The van der Waals surface area contributed by atoms with Gasteiger partial charge in [-0.1, -0.05) is 0 Å². The second-order valence-corrected chi connectivity index (χ2v) is 4.11. The minimum atomic E-state index is 0.203. The van der Waals surface area contributed by atoms with Crippen molar-refractivity contribution in [1.82, 2.24) is 5.32 Å². The Balaban J connectivity index is 1.74. The first kappa shape index (κ1) is 9.16. The highest BCUT2D eigenvalue weighted by Crippen LogP contribution is 2.19. The topological polar surface area (TPSA) is 38.3 Å². The van der Waals surface area contributed by atoms with E-state index in [9.17, 15) is 4.79 Å². The molecule has 3 heteroatoms. The van der Waals surface area contributed by atoms with Gasteiger partial charge in [0.25, 0.3) is 0 Å². The average molecular weight is 183 g/mol. The number of nitrogens with one attached hydrogen (secondary N) is 1. The maximum absolute atomic E-state index is 11.7. The third-order valence-electron chi connectivity index (χ3n) is 2.97. The van der Waals surface area contributed by atoms with Crippen LogP contribution in [0.1, 0.15) is 19.3 Å². The van der Waals surface area contributed by atoms with Crippen LogP contribution in [0.3, 0.4) is 0 Å². The molecular weight excluding hydrogens is 166 g/mol. The summed E-state index contributed by atoms with van der Waals surface area (Å²) in [5, 5.41) is 3.19. The fraction of sp³-hybridized carbons (Fsp3) is 0.900. The van der Waals surface area contributed by atoms with E-state index in [1.54, 1.807) is 0 Å². The Morgan fingerprint density at radius 2 is 2.31 bits per heavy atom. The van der Waals surface area contributed by atoms with Gasteiger partial charge in [0.2, 0.25) is 0 Å². The third-order valence-corrected chi connectivity index (χ3v) is 2.97. The van der Waals surface area contributed by atoms with Crippen molar-refractivity contribution >= 4 is 5.78 Å². The van der Waals surface area contributed by atoms with Crippen LogP contribution >= 0.6 is 0 Å². The zero-order chi connectivity index (χ0) is 9.10. The molecule has 1 N–H and O–H groups in total. The normalized spacial score (nSPS) is 29.7. The molecular formula is C10H17NO2. The van der Waals surface area contributed by atoms with Crippen LogP contribution in [-0.2, 0) is 9.53 Å². The first-order valence-electron chi connectivity index (χ1n) is 5.17. The summed E-state index contributed by atoms with van der Waals surface area (Å²) in [4.78, 5) is 11.7. The molecule has 1 atom stereocenters. The highest BCUT2D eigenvalue weighted by Gasteiger charge is 2.26. The number of rotatable bonds is 3. The summed E-state index contributed by atoms with van der Waals surface area (Å²) in [5.74, 6) is 1.23. The Bertz CT molecular complexity index is 183. The molecule has 2 aliphatic heterocycles. The minimum absolute atomic E-state index is 0.203. The first-order valence-corrected chi connectivity index (χ1v) is 5.17. The van der Waals surface area contributed by atoms with Gasteiger partial charge in [0.1, 0.15) is 5.78 Å². The Hall–Kier alpha value is -0.410. The van der Waals surface area contributed by atoms with E-state index in [4.69, 9.17) is 4.74 Å². The monoisotopic (exact) mass is 183 g/mol. The van der Waals surface area contributed by atoms with Gasteiger partial charge in [-0.3, -0.25) is 4.79 Å². The maximum Gasteiger partial charge on any atom is 0.138 e. The van der Waals surface area contributed by atoms with Crippen LogP contribution in [-0.4, -0.2) is 32.1 Å². The van der Waals surface area contributed by atoms with Crippen molar-refractivity contribution in [2.24, 2.45) is 11.8 Å². The largest absolute Gasteiger partial charge is 0.381 e. The molecule has 2 saturated heterocycles. The van der Waals surface area contributed by atoms with Crippen LogP contribution in [0, 0.1) is 11.8 Å². The minimum Gasteiger partial charge on any atom is -0.381 e. The fourth-order valence-corrected chi connectivity index (χ4v) is 1.94. The van der Waals surface area contributed by atoms with E-state index >= 15 is 0 Å². The molecule has 2 aliphatic rings. The van der Waals surface area contributed by atoms with E-state index < -0.39 is 0 Å². The van der Waals surface area contributed by atoms with Gasteiger partial charge in [0.15, 0.2) is 0 Å². The molecule has 0 amide bonds. The average Bonchev–Trinajstić information content (AvgIpc) is 2.12. The van der Waals surface area contributed by atoms with Crippen molar-refractivity contribution in [1.29, 1.82) is 0 Å². The smallest absolute Gasteiger partial charge is 0.138 e. The second-order valence-electron chi connectivity index (χ2n) is 4.11.